The first-order chi connectivity index (χ1) is 4.77. The maximum absolute atomic E-state index is 2.29. The summed E-state index contributed by atoms with van der Waals surface area (Å²) >= 11 is 0. The first kappa shape index (κ1) is 10.7. The van der Waals surface area contributed by atoms with Gasteiger partial charge in [-0.05, 0) is 12.3 Å². The molecule has 0 heterocycles. The van der Waals surface area contributed by atoms with E-state index in [0.717, 1.165) is 5.92 Å². The topological polar surface area (TPSA) is 0 Å². The fraction of sp³-hybridized carbons (Fsp3) is 1.00. The maximum atomic E-state index is 2.29. The van der Waals surface area contributed by atoms with E-state index >= 15 is 0 Å². The van der Waals surface area contributed by atoms with Gasteiger partial charge in [-0.3, -0.25) is 0 Å². The average Bonchev–Trinajstić information content (AvgIpc) is 1.87. The summed E-state index contributed by atoms with van der Waals surface area (Å²) < 4.78 is 0. The van der Waals surface area contributed by atoms with Crippen LogP contribution in [0.25, 0.3) is 0 Å². The first-order valence-corrected chi connectivity index (χ1v) is 6.50. The lowest BCUT2D eigenvalue weighted by Gasteiger charge is -2.02. The molecule has 2 heteroatoms. The minimum atomic E-state index is 0.882. The molecular weight excluding hydrogens is 160 g/mol. The number of hydrogen-bond acceptors (Lipinski definition) is 2. The third-order valence-corrected chi connectivity index (χ3v) is 3.78. The van der Waals surface area contributed by atoms with Gasteiger partial charge < -0.3 is 0 Å². The average molecular weight is 178 g/mol. The highest BCUT2D eigenvalue weighted by atomic mass is 33.1. The van der Waals surface area contributed by atoms with Crippen LogP contribution in [0.2, 0.25) is 0 Å². The van der Waals surface area contributed by atoms with E-state index in [1.807, 2.05) is 21.6 Å². The van der Waals surface area contributed by atoms with Crippen LogP contribution in [0.4, 0.5) is 0 Å². The molecule has 0 nitrogen and oxygen atoms in total. The highest BCUT2D eigenvalue weighted by Crippen LogP contribution is 2.22. The molecule has 0 aliphatic rings. The predicted molar refractivity (Wildman–Crippen MR) is 54.7 cm³/mol. The van der Waals surface area contributed by atoms with Crippen molar-refractivity contribution in [3.8, 4) is 0 Å². The molecule has 0 atom stereocenters. The van der Waals surface area contributed by atoms with Gasteiger partial charge in [0.2, 0.25) is 0 Å². The Bertz CT molecular complexity index is 62.3. The van der Waals surface area contributed by atoms with Gasteiger partial charge >= 0.3 is 0 Å². The normalized spacial score (nSPS) is 10.8. The highest BCUT2D eigenvalue weighted by Gasteiger charge is 1.93. The standard InChI is InChI=1S/C8H18S2/c1-4-9-10-7-5-6-8(2)3/h8H,4-7H2,1-3H3. The zero-order valence-corrected chi connectivity index (χ0v) is 8.86. The number of hydrogen-bond donors (Lipinski definition) is 0. The molecule has 0 N–H and O–H groups in total. The van der Waals surface area contributed by atoms with E-state index in [-0.39, 0.29) is 0 Å². The summed E-state index contributed by atoms with van der Waals surface area (Å²) in [5, 5.41) is 0. The lowest BCUT2D eigenvalue weighted by Crippen LogP contribution is -1.87. The summed E-state index contributed by atoms with van der Waals surface area (Å²) in [4.78, 5) is 0. The largest absolute Gasteiger partial charge is 0.0944 e. The first-order valence-electron chi connectivity index (χ1n) is 4.01. The van der Waals surface area contributed by atoms with Gasteiger partial charge in [-0.1, -0.05) is 48.8 Å². The molecule has 0 aliphatic heterocycles. The number of rotatable bonds is 6. The highest BCUT2D eigenvalue weighted by molar-refractivity contribution is 8.76. The molecule has 0 fully saturated rings. The third kappa shape index (κ3) is 8.70. The second-order valence-corrected chi connectivity index (χ2v) is 5.64. The maximum Gasteiger partial charge on any atom is 0.00370 e. The Hall–Kier alpha value is 0.700. The molecule has 0 aromatic heterocycles. The van der Waals surface area contributed by atoms with E-state index in [2.05, 4.69) is 20.8 Å². The van der Waals surface area contributed by atoms with Gasteiger partial charge in [0.05, 0.1) is 0 Å². The Labute approximate surface area is 72.9 Å². The smallest absolute Gasteiger partial charge is 0.00370 e. The monoisotopic (exact) mass is 178 g/mol. The fourth-order valence-corrected chi connectivity index (χ4v) is 2.47. The Balaban J connectivity index is 2.77. The molecule has 0 unspecified atom stereocenters. The quantitative estimate of drug-likeness (QED) is 0.448. The second kappa shape index (κ2) is 7.80. The van der Waals surface area contributed by atoms with Crippen LogP contribution in [-0.2, 0) is 0 Å². The molecular formula is C8H18S2. The third-order valence-electron chi connectivity index (χ3n) is 1.21. The van der Waals surface area contributed by atoms with Crippen molar-refractivity contribution in [1.82, 2.24) is 0 Å². The van der Waals surface area contributed by atoms with Gasteiger partial charge in [-0.2, -0.15) is 0 Å². The van der Waals surface area contributed by atoms with Gasteiger partial charge in [-0.25, -0.2) is 0 Å². The lowest BCUT2D eigenvalue weighted by molar-refractivity contribution is 0.579. The van der Waals surface area contributed by atoms with Crippen molar-refractivity contribution in [1.29, 1.82) is 0 Å². The molecule has 10 heavy (non-hydrogen) atoms. The van der Waals surface area contributed by atoms with Crippen LogP contribution in [0.5, 0.6) is 0 Å². The van der Waals surface area contributed by atoms with Crippen molar-refractivity contribution < 1.29 is 0 Å². The minimum Gasteiger partial charge on any atom is -0.0944 e. The summed E-state index contributed by atoms with van der Waals surface area (Å²) in [6.07, 6.45) is 2.77. The van der Waals surface area contributed by atoms with E-state index in [1.54, 1.807) is 0 Å². The molecule has 0 bridgehead atoms. The summed E-state index contributed by atoms with van der Waals surface area (Å²) in [6.45, 7) is 6.79. The van der Waals surface area contributed by atoms with E-state index in [0.29, 0.717) is 0 Å². The van der Waals surface area contributed by atoms with E-state index in [9.17, 15) is 0 Å². The van der Waals surface area contributed by atoms with E-state index in [1.165, 1.54) is 24.3 Å². The van der Waals surface area contributed by atoms with Crippen LogP contribution in [0.3, 0.4) is 0 Å². The molecule has 0 amide bonds. The van der Waals surface area contributed by atoms with E-state index < -0.39 is 0 Å². The van der Waals surface area contributed by atoms with Crippen molar-refractivity contribution in [2.24, 2.45) is 5.92 Å². The summed E-state index contributed by atoms with van der Waals surface area (Å²) in [5.41, 5.74) is 0. The molecule has 0 saturated carbocycles. The van der Waals surface area contributed by atoms with Gasteiger partial charge in [0.1, 0.15) is 0 Å². The van der Waals surface area contributed by atoms with Crippen LogP contribution in [0.1, 0.15) is 33.6 Å². The Morgan fingerprint density at radius 1 is 1.20 bits per heavy atom. The van der Waals surface area contributed by atoms with Crippen molar-refractivity contribution in [3.63, 3.8) is 0 Å². The van der Waals surface area contributed by atoms with Crippen molar-refractivity contribution in [3.05, 3.63) is 0 Å². The van der Waals surface area contributed by atoms with Crippen molar-refractivity contribution in [2.75, 3.05) is 11.5 Å². The van der Waals surface area contributed by atoms with E-state index in [4.69, 9.17) is 0 Å². The van der Waals surface area contributed by atoms with Crippen LogP contribution < -0.4 is 0 Å². The van der Waals surface area contributed by atoms with Crippen LogP contribution in [0, 0.1) is 5.92 Å². The van der Waals surface area contributed by atoms with Crippen LogP contribution in [-0.4, -0.2) is 11.5 Å². The Morgan fingerprint density at radius 2 is 1.90 bits per heavy atom. The second-order valence-electron chi connectivity index (χ2n) is 2.76. The van der Waals surface area contributed by atoms with Gasteiger partial charge in [0, 0.05) is 11.5 Å². The van der Waals surface area contributed by atoms with Crippen molar-refractivity contribution >= 4 is 21.6 Å². The molecule has 0 saturated heterocycles. The molecule has 0 rings (SSSR count). The molecule has 0 aromatic rings. The Kier molecular flexibility index (Phi) is 8.35. The molecule has 62 valence electrons. The van der Waals surface area contributed by atoms with Gasteiger partial charge in [0.25, 0.3) is 0 Å². The SMILES string of the molecule is CCSSCCCC(C)C. The molecule has 0 spiro atoms. The molecule has 0 radical (unpaired) electrons. The van der Waals surface area contributed by atoms with Gasteiger partial charge in [-0.15, -0.1) is 0 Å². The summed E-state index contributed by atoms with van der Waals surface area (Å²) in [7, 11) is 3.99. The fourth-order valence-electron chi connectivity index (χ4n) is 0.693. The molecule has 0 aromatic carbocycles. The molecule has 0 aliphatic carbocycles. The zero-order chi connectivity index (χ0) is 7.82. The summed E-state index contributed by atoms with van der Waals surface area (Å²) in [6, 6.07) is 0. The van der Waals surface area contributed by atoms with Crippen LogP contribution >= 0.6 is 21.6 Å². The van der Waals surface area contributed by atoms with Gasteiger partial charge in [0.15, 0.2) is 0 Å². The van der Waals surface area contributed by atoms with Crippen LogP contribution in [0.15, 0.2) is 0 Å². The lowest BCUT2D eigenvalue weighted by atomic mass is 10.1. The predicted octanol–water partition coefficient (Wildman–Crippen LogP) is 3.82. The minimum absolute atomic E-state index is 0.882. The summed E-state index contributed by atoms with van der Waals surface area (Å²) in [5.74, 6) is 3.45. The Morgan fingerprint density at radius 3 is 2.40 bits per heavy atom. The van der Waals surface area contributed by atoms with Crippen molar-refractivity contribution in [2.45, 2.75) is 33.6 Å². The zero-order valence-electron chi connectivity index (χ0n) is 7.22.